The minimum absolute atomic E-state index is 0.580. The lowest BCUT2D eigenvalue weighted by molar-refractivity contribution is -0.140. The Kier molecular flexibility index (Phi) is 3.93. The molecule has 2 amide bonds. The highest BCUT2D eigenvalue weighted by molar-refractivity contribution is 14.1. The predicted molar refractivity (Wildman–Crippen MR) is 39.8 cm³/mol. The van der Waals surface area contributed by atoms with Gasteiger partial charge in [-0.2, -0.15) is 0 Å². The molecule has 0 aliphatic rings. The van der Waals surface area contributed by atoms with Crippen molar-refractivity contribution in [3.63, 3.8) is 0 Å². The molecule has 0 aromatic rings. The number of carbonyl (C=O) groups excluding carboxylic acids is 2. The molecule has 6 heteroatoms. The van der Waals surface area contributed by atoms with Crippen molar-refractivity contribution in [1.29, 1.82) is 0 Å². The van der Waals surface area contributed by atoms with Gasteiger partial charge in [0.15, 0.2) is 0 Å². The van der Waals surface area contributed by atoms with Crippen LogP contribution < -0.4 is 5.32 Å². The molecule has 0 bridgehead atoms. The minimum Gasteiger partial charge on any atom is -0.481 e. The van der Waals surface area contributed by atoms with E-state index in [1.54, 1.807) is 5.32 Å². The first-order valence-corrected chi connectivity index (χ1v) is 3.31. The lowest BCUT2D eigenvalue weighted by Gasteiger charge is -1.93. The topological polar surface area (TPSA) is 83.5 Å². The van der Waals surface area contributed by atoms with Gasteiger partial charge < -0.3 is 5.11 Å². The second-order valence-corrected chi connectivity index (χ2v) is 2.37. The summed E-state index contributed by atoms with van der Waals surface area (Å²) in [5, 5.41) is 9.82. The third-order valence-corrected chi connectivity index (χ3v) is 0.819. The molecular formula is C4H4INO4. The Bertz CT molecular complexity index is 160. The Morgan fingerprint density at radius 3 is 2.20 bits per heavy atom. The van der Waals surface area contributed by atoms with Crippen molar-refractivity contribution in [2.24, 2.45) is 0 Å². The van der Waals surface area contributed by atoms with Crippen LogP contribution in [0.3, 0.4) is 0 Å². The first-order valence-electron chi connectivity index (χ1n) is 2.23. The number of amides is 2. The van der Waals surface area contributed by atoms with E-state index in [0.717, 1.165) is 0 Å². The Balaban J connectivity index is 3.65. The number of carboxylic acids is 1. The van der Waals surface area contributed by atoms with E-state index in [-0.39, 0.29) is 0 Å². The van der Waals surface area contributed by atoms with Gasteiger partial charge in [0, 0.05) is 22.6 Å². The zero-order chi connectivity index (χ0) is 8.15. The van der Waals surface area contributed by atoms with Crippen LogP contribution in [0.2, 0.25) is 0 Å². The molecule has 0 heterocycles. The number of hydrogen-bond acceptors (Lipinski definition) is 3. The molecule has 0 aliphatic heterocycles. The summed E-state index contributed by atoms with van der Waals surface area (Å²) in [6.07, 6.45) is -0.672. The van der Waals surface area contributed by atoms with E-state index in [9.17, 15) is 14.4 Å². The van der Waals surface area contributed by atoms with Crippen molar-refractivity contribution < 1.29 is 19.5 Å². The summed E-state index contributed by atoms with van der Waals surface area (Å²) in [5.41, 5.74) is 0. The summed E-state index contributed by atoms with van der Waals surface area (Å²) in [5.74, 6) is -2.05. The monoisotopic (exact) mass is 257 g/mol. The predicted octanol–water partition coefficient (Wildman–Crippen LogP) is 0.132. The molecule has 0 saturated heterocycles. The third kappa shape index (κ3) is 5.48. The Labute approximate surface area is 69.9 Å². The lowest BCUT2D eigenvalue weighted by Crippen LogP contribution is -2.27. The van der Waals surface area contributed by atoms with Gasteiger partial charge in [0.25, 0.3) is 3.91 Å². The lowest BCUT2D eigenvalue weighted by atomic mass is 10.4. The molecule has 0 radical (unpaired) electrons. The molecule has 0 rings (SSSR count). The third-order valence-electron chi connectivity index (χ3n) is 0.549. The molecule has 0 saturated carbocycles. The SMILES string of the molecule is O=C(O)CC(=O)NC(=O)I. The van der Waals surface area contributed by atoms with Crippen LogP contribution in [0.5, 0.6) is 0 Å². The summed E-state index contributed by atoms with van der Waals surface area (Å²) in [4.78, 5) is 30.3. The highest BCUT2D eigenvalue weighted by Crippen LogP contribution is 1.85. The second-order valence-electron chi connectivity index (χ2n) is 1.39. The van der Waals surface area contributed by atoms with E-state index >= 15 is 0 Å². The van der Waals surface area contributed by atoms with Crippen LogP contribution in [-0.2, 0) is 9.59 Å². The Morgan fingerprint density at radius 2 is 1.90 bits per heavy atom. The molecule has 0 spiro atoms. The second kappa shape index (κ2) is 4.20. The largest absolute Gasteiger partial charge is 0.481 e. The highest BCUT2D eigenvalue weighted by atomic mass is 127. The quantitative estimate of drug-likeness (QED) is 0.319. The van der Waals surface area contributed by atoms with E-state index in [1.807, 2.05) is 0 Å². The summed E-state index contributed by atoms with van der Waals surface area (Å²) in [6.45, 7) is 0. The number of carboxylic acid groups (broad SMARTS) is 1. The zero-order valence-corrected chi connectivity index (χ0v) is 6.91. The van der Waals surface area contributed by atoms with Crippen LogP contribution in [0.4, 0.5) is 4.79 Å². The molecule has 0 unspecified atom stereocenters. The van der Waals surface area contributed by atoms with E-state index in [1.165, 1.54) is 22.6 Å². The first kappa shape index (κ1) is 9.34. The Morgan fingerprint density at radius 1 is 1.40 bits per heavy atom. The van der Waals surface area contributed by atoms with Gasteiger partial charge in [0.2, 0.25) is 5.91 Å². The molecule has 0 fully saturated rings. The molecule has 56 valence electrons. The van der Waals surface area contributed by atoms with E-state index in [2.05, 4.69) is 0 Å². The normalized spacial score (nSPS) is 8.50. The zero-order valence-electron chi connectivity index (χ0n) is 4.76. The van der Waals surface area contributed by atoms with E-state index < -0.39 is 22.2 Å². The summed E-state index contributed by atoms with van der Waals surface area (Å²) in [7, 11) is 0. The molecule has 10 heavy (non-hydrogen) atoms. The molecular weight excluding hydrogens is 253 g/mol. The van der Waals surface area contributed by atoms with Crippen LogP contribution in [0.25, 0.3) is 0 Å². The van der Waals surface area contributed by atoms with Crippen molar-refractivity contribution >= 4 is 38.4 Å². The fraction of sp³-hybridized carbons (Fsp3) is 0.250. The van der Waals surface area contributed by atoms with Crippen molar-refractivity contribution in [3.05, 3.63) is 0 Å². The van der Waals surface area contributed by atoms with Crippen molar-refractivity contribution in [3.8, 4) is 0 Å². The summed E-state index contributed by atoms with van der Waals surface area (Å²) >= 11 is 1.34. The summed E-state index contributed by atoms with van der Waals surface area (Å²) < 4.78 is -0.580. The summed E-state index contributed by atoms with van der Waals surface area (Å²) in [6, 6.07) is 0. The smallest absolute Gasteiger partial charge is 0.312 e. The van der Waals surface area contributed by atoms with Crippen LogP contribution >= 0.6 is 22.6 Å². The number of rotatable bonds is 2. The van der Waals surface area contributed by atoms with Crippen LogP contribution in [0, 0.1) is 0 Å². The average Bonchev–Trinajstić information content (AvgIpc) is 1.58. The van der Waals surface area contributed by atoms with Gasteiger partial charge in [0.1, 0.15) is 6.42 Å². The van der Waals surface area contributed by atoms with Gasteiger partial charge in [-0.1, -0.05) is 0 Å². The van der Waals surface area contributed by atoms with Gasteiger partial charge in [-0.15, -0.1) is 0 Å². The van der Waals surface area contributed by atoms with Gasteiger partial charge in [-0.25, -0.2) is 0 Å². The van der Waals surface area contributed by atoms with Gasteiger partial charge >= 0.3 is 5.97 Å². The maximum absolute atomic E-state index is 10.3. The van der Waals surface area contributed by atoms with Crippen molar-refractivity contribution in [2.45, 2.75) is 6.42 Å². The van der Waals surface area contributed by atoms with Crippen LogP contribution in [0.1, 0.15) is 6.42 Å². The molecule has 0 atom stereocenters. The van der Waals surface area contributed by atoms with Crippen LogP contribution in [-0.4, -0.2) is 20.9 Å². The van der Waals surface area contributed by atoms with Crippen molar-refractivity contribution in [1.82, 2.24) is 5.32 Å². The molecule has 0 aliphatic carbocycles. The molecule has 2 N–H and O–H groups in total. The first-order chi connectivity index (χ1) is 4.52. The fourth-order valence-corrected chi connectivity index (χ4v) is 0.592. The maximum atomic E-state index is 10.3. The maximum Gasteiger partial charge on any atom is 0.312 e. The fourth-order valence-electron chi connectivity index (χ4n) is 0.291. The standard InChI is InChI=1S/C4H4INO4/c5-4(10)6-2(7)1-3(8)9/h1H2,(H,8,9)(H,6,7,10). The number of nitrogens with one attached hydrogen (secondary N) is 1. The van der Waals surface area contributed by atoms with Gasteiger partial charge in [-0.3, -0.25) is 19.7 Å². The van der Waals surface area contributed by atoms with E-state index in [0.29, 0.717) is 0 Å². The number of hydrogen-bond donors (Lipinski definition) is 2. The number of aliphatic carboxylic acids is 1. The average molecular weight is 257 g/mol. The highest BCUT2D eigenvalue weighted by Gasteiger charge is 2.08. The minimum atomic E-state index is -1.25. The number of carbonyl (C=O) groups is 3. The molecule has 0 aromatic carbocycles. The van der Waals surface area contributed by atoms with Crippen molar-refractivity contribution in [2.75, 3.05) is 0 Å². The number of halogens is 1. The molecule has 5 nitrogen and oxygen atoms in total. The van der Waals surface area contributed by atoms with Crippen LogP contribution in [0.15, 0.2) is 0 Å². The Hall–Kier alpha value is -0.660. The van der Waals surface area contributed by atoms with Gasteiger partial charge in [-0.05, 0) is 0 Å². The molecule has 0 aromatic heterocycles. The van der Waals surface area contributed by atoms with Gasteiger partial charge in [0.05, 0.1) is 0 Å². The number of imide groups is 1. The van der Waals surface area contributed by atoms with E-state index in [4.69, 9.17) is 5.11 Å².